The predicted molar refractivity (Wildman–Crippen MR) is 99.1 cm³/mol. The second kappa shape index (κ2) is 6.97. The number of fused-ring (bicyclic) bond motifs is 1. The molecule has 0 atom stereocenters. The van der Waals surface area contributed by atoms with Crippen molar-refractivity contribution in [3.05, 3.63) is 59.8 Å². The van der Waals surface area contributed by atoms with E-state index in [4.69, 9.17) is 4.74 Å². The molecule has 1 aromatic heterocycles. The van der Waals surface area contributed by atoms with Gasteiger partial charge >= 0.3 is 0 Å². The maximum Gasteiger partial charge on any atom is 0.251 e. The predicted octanol–water partition coefficient (Wildman–Crippen LogP) is 3.67. The lowest BCUT2D eigenvalue weighted by atomic mass is 9.87. The molecule has 0 bridgehead atoms. The van der Waals surface area contributed by atoms with Crippen molar-refractivity contribution in [2.45, 2.75) is 26.2 Å². The minimum absolute atomic E-state index is 0.116. The molecule has 3 rings (SSSR count). The first-order chi connectivity index (χ1) is 11.9. The quantitative estimate of drug-likeness (QED) is 0.698. The summed E-state index contributed by atoms with van der Waals surface area (Å²) in [6, 6.07) is 13.5. The summed E-state index contributed by atoms with van der Waals surface area (Å²) in [6.07, 6.45) is 1.70. The SMILES string of the molecule is CC(C)(C)c1ccc(OCCNC(=O)c2ccc3[nH]ncc3c2)cc1. The number of hydrogen-bond donors (Lipinski definition) is 2. The normalized spacial score (nSPS) is 11.5. The molecule has 3 aromatic rings. The summed E-state index contributed by atoms with van der Waals surface area (Å²) in [6.45, 7) is 7.41. The van der Waals surface area contributed by atoms with Crippen molar-refractivity contribution in [1.82, 2.24) is 15.5 Å². The Labute approximate surface area is 147 Å². The highest BCUT2D eigenvalue weighted by Crippen LogP contribution is 2.24. The molecule has 0 fully saturated rings. The Kier molecular flexibility index (Phi) is 4.74. The Morgan fingerprint density at radius 2 is 1.92 bits per heavy atom. The van der Waals surface area contributed by atoms with Gasteiger partial charge in [-0.25, -0.2) is 0 Å². The molecular weight excluding hydrogens is 314 g/mol. The van der Waals surface area contributed by atoms with Crippen LogP contribution in [0.1, 0.15) is 36.7 Å². The van der Waals surface area contributed by atoms with Crippen LogP contribution in [0.4, 0.5) is 0 Å². The summed E-state index contributed by atoms with van der Waals surface area (Å²) in [7, 11) is 0. The van der Waals surface area contributed by atoms with Gasteiger partial charge in [-0.1, -0.05) is 32.9 Å². The summed E-state index contributed by atoms with van der Waals surface area (Å²) in [5.74, 6) is 0.692. The Hall–Kier alpha value is -2.82. The van der Waals surface area contributed by atoms with E-state index in [0.29, 0.717) is 18.7 Å². The van der Waals surface area contributed by atoms with Crippen LogP contribution < -0.4 is 10.1 Å². The molecule has 0 saturated heterocycles. The van der Waals surface area contributed by atoms with Gasteiger partial charge in [-0.05, 0) is 41.3 Å². The average Bonchev–Trinajstić information content (AvgIpc) is 3.06. The van der Waals surface area contributed by atoms with E-state index in [9.17, 15) is 4.79 Å². The van der Waals surface area contributed by atoms with Crippen molar-refractivity contribution in [2.24, 2.45) is 0 Å². The topological polar surface area (TPSA) is 67.0 Å². The summed E-state index contributed by atoms with van der Waals surface area (Å²) in [5, 5.41) is 10.6. The highest BCUT2D eigenvalue weighted by atomic mass is 16.5. The third kappa shape index (κ3) is 4.18. The Morgan fingerprint density at radius 1 is 1.16 bits per heavy atom. The van der Waals surface area contributed by atoms with E-state index in [1.807, 2.05) is 24.3 Å². The number of carbonyl (C=O) groups is 1. The fourth-order valence-electron chi connectivity index (χ4n) is 2.57. The standard InChI is InChI=1S/C20H23N3O2/c1-20(2,3)16-5-7-17(8-6-16)25-11-10-21-19(24)14-4-9-18-15(12-14)13-22-23-18/h4-9,12-13H,10-11H2,1-3H3,(H,21,24)(H,22,23). The minimum atomic E-state index is -0.116. The molecule has 0 aliphatic rings. The highest BCUT2D eigenvalue weighted by Gasteiger charge is 2.13. The van der Waals surface area contributed by atoms with Gasteiger partial charge in [0.1, 0.15) is 12.4 Å². The number of aromatic amines is 1. The largest absolute Gasteiger partial charge is 0.492 e. The van der Waals surface area contributed by atoms with Crippen LogP contribution in [0, 0.1) is 0 Å². The zero-order valence-corrected chi connectivity index (χ0v) is 14.8. The first-order valence-corrected chi connectivity index (χ1v) is 8.38. The lowest BCUT2D eigenvalue weighted by Gasteiger charge is -2.19. The maximum absolute atomic E-state index is 12.2. The molecule has 0 saturated carbocycles. The zero-order chi connectivity index (χ0) is 17.9. The number of nitrogens with zero attached hydrogens (tertiary/aromatic N) is 1. The summed E-state index contributed by atoms with van der Waals surface area (Å²) in [5.41, 5.74) is 2.92. The van der Waals surface area contributed by atoms with E-state index >= 15 is 0 Å². The molecule has 2 N–H and O–H groups in total. The number of aromatic nitrogens is 2. The van der Waals surface area contributed by atoms with Crippen LogP contribution in [-0.2, 0) is 5.41 Å². The lowest BCUT2D eigenvalue weighted by Crippen LogP contribution is -2.28. The van der Waals surface area contributed by atoms with Gasteiger partial charge < -0.3 is 10.1 Å². The van der Waals surface area contributed by atoms with Crippen molar-refractivity contribution < 1.29 is 9.53 Å². The van der Waals surface area contributed by atoms with E-state index in [2.05, 4.69) is 48.4 Å². The van der Waals surface area contributed by atoms with Gasteiger partial charge in [0.15, 0.2) is 0 Å². The second-order valence-corrected chi connectivity index (χ2v) is 7.05. The van der Waals surface area contributed by atoms with Crippen LogP contribution in [0.3, 0.4) is 0 Å². The van der Waals surface area contributed by atoms with E-state index < -0.39 is 0 Å². The van der Waals surface area contributed by atoms with Gasteiger partial charge in [0.25, 0.3) is 5.91 Å². The Bertz CT molecular complexity index is 861. The zero-order valence-electron chi connectivity index (χ0n) is 14.8. The van der Waals surface area contributed by atoms with E-state index in [1.165, 1.54) is 5.56 Å². The molecule has 2 aromatic carbocycles. The number of nitrogens with one attached hydrogen (secondary N) is 2. The Morgan fingerprint density at radius 3 is 2.64 bits per heavy atom. The van der Waals surface area contributed by atoms with Crippen LogP contribution in [0.2, 0.25) is 0 Å². The van der Waals surface area contributed by atoms with Crippen molar-refractivity contribution in [3.8, 4) is 5.75 Å². The number of benzene rings is 2. The number of H-pyrrole nitrogens is 1. The van der Waals surface area contributed by atoms with Crippen LogP contribution >= 0.6 is 0 Å². The fourth-order valence-corrected chi connectivity index (χ4v) is 2.57. The van der Waals surface area contributed by atoms with Crippen LogP contribution in [0.25, 0.3) is 10.9 Å². The van der Waals surface area contributed by atoms with Crippen LogP contribution in [-0.4, -0.2) is 29.3 Å². The maximum atomic E-state index is 12.2. The smallest absolute Gasteiger partial charge is 0.251 e. The number of hydrogen-bond acceptors (Lipinski definition) is 3. The van der Waals surface area contributed by atoms with Crippen molar-refractivity contribution in [2.75, 3.05) is 13.2 Å². The van der Waals surface area contributed by atoms with Gasteiger partial charge in [-0.15, -0.1) is 0 Å². The van der Waals surface area contributed by atoms with Crippen LogP contribution in [0.5, 0.6) is 5.75 Å². The monoisotopic (exact) mass is 337 g/mol. The van der Waals surface area contributed by atoms with Crippen molar-refractivity contribution in [3.63, 3.8) is 0 Å². The molecule has 25 heavy (non-hydrogen) atoms. The molecule has 0 aliphatic carbocycles. The molecular formula is C20H23N3O2. The lowest BCUT2D eigenvalue weighted by molar-refractivity contribution is 0.0947. The van der Waals surface area contributed by atoms with Gasteiger partial charge in [-0.3, -0.25) is 9.89 Å². The van der Waals surface area contributed by atoms with E-state index in [-0.39, 0.29) is 11.3 Å². The summed E-state index contributed by atoms with van der Waals surface area (Å²) < 4.78 is 5.69. The molecule has 130 valence electrons. The number of carbonyl (C=O) groups excluding carboxylic acids is 1. The summed E-state index contributed by atoms with van der Waals surface area (Å²) >= 11 is 0. The number of rotatable bonds is 5. The van der Waals surface area contributed by atoms with Crippen molar-refractivity contribution >= 4 is 16.8 Å². The first-order valence-electron chi connectivity index (χ1n) is 8.38. The van der Waals surface area contributed by atoms with E-state index in [0.717, 1.165) is 16.7 Å². The Balaban J connectivity index is 1.48. The third-order valence-electron chi connectivity index (χ3n) is 4.08. The average molecular weight is 337 g/mol. The van der Waals surface area contributed by atoms with E-state index in [1.54, 1.807) is 12.3 Å². The highest BCUT2D eigenvalue weighted by molar-refractivity contribution is 5.97. The van der Waals surface area contributed by atoms with Crippen LogP contribution in [0.15, 0.2) is 48.7 Å². The molecule has 5 heteroatoms. The molecule has 1 amide bonds. The molecule has 0 spiro atoms. The number of amides is 1. The molecule has 0 radical (unpaired) electrons. The third-order valence-corrected chi connectivity index (χ3v) is 4.08. The molecule has 0 aliphatic heterocycles. The molecule has 1 heterocycles. The molecule has 5 nitrogen and oxygen atoms in total. The summed E-state index contributed by atoms with van der Waals surface area (Å²) in [4.78, 5) is 12.2. The van der Waals surface area contributed by atoms with Gasteiger partial charge in [0, 0.05) is 10.9 Å². The van der Waals surface area contributed by atoms with Gasteiger partial charge in [-0.2, -0.15) is 5.10 Å². The second-order valence-electron chi connectivity index (χ2n) is 7.05. The fraction of sp³-hybridized carbons (Fsp3) is 0.300. The van der Waals surface area contributed by atoms with Gasteiger partial charge in [0.2, 0.25) is 0 Å². The first kappa shape index (κ1) is 17.0. The number of ether oxygens (including phenoxy) is 1. The van der Waals surface area contributed by atoms with Crippen molar-refractivity contribution in [1.29, 1.82) is 0 Å². The molecule has 0 unspecified atom stereocenters. The van der Waals surface area contributed by atoms with Gasteiger partial charge in [0.05, 0.1) is 18.3 Å². The minimum Gasteiger partial charge on any atom is -0.492 e.